The molecule has 1 aromatic carbocycles. The number of nitrogens with zero attached hydrogens (tertiary/aromatic N) is 3. The highest BCUT2D eigenvalue weighted by Crippen LogP contribution is 2.26. The number of carbonyl (C=O) groups excluding carboxylic acids is 2. The molecule has 0 spiro atoms. The molecule has 0 bridgehead atoms. The van der Waals surface area contributed by atoms with E-state index in [1.165, 1.54) is 16.9 Å². The highest BCUT2D eigenvalue weighted by atomic mass is 32.1. The van der Waals surface area contributed by atoms with Gasteiger partial charge in [-0.05, 0) is 38.8 Å². The number of amides is 2. The van der Waals surface area contributed by atoms with Crippen molar-refractivity contribution in [3.05, 3.63) is 64.8 Å². The molecule has 3 aromatic rings. The number of likely N-dealkylation sites (tertiary alicyclic amines) is 1. The first-order valence-corrected chi connectivity index (χ1v) is 10.9. The third-order valence-corrected chi connectivity index (χ3v) is 6.13. The topological polar surface area (TPSA) is 75.2 Å². The summed E-state index contributed by atoms with van der Waals surface area (Å²) < 4.78 is 0. The summed E-state index contributed by atoms with van der Waals surface area (Å²) in [6.45, 7) is 4.96. The molecule has 1 saturated heterocycles. The van der Waals surface area contributed by atoms with Crippen LogP contribution in [0.4, 0.5) is 5.82 Å². The molecule has 0 saturated carbocycles. The molecular weight excluding hydrogens is 396 g/mol. The third-order valence-electron chi connectivity index (χ3n) is 5.24. The SMILES string of the molecule is Cc1ccc(-c2nc(C(=O)N3CCCC(C(=O)Nc4cccc(C)n4)C3)cs2)cc1. The van der Waals surface area contributed by atoms with Crippen molar-refractivity contribution in [3.8, 4) is 10.6 Å². The predicted molar refractivity (Wildman–Crippen MR) is 119 cm³/mol. The first-order chi connectivity index (χ1) is 14.5. The lowest BCUT2D eigenvalue weighted by molar-refractivity contribution is -0.121. The van der Waals surface area contributed by atoms with Crippen molar-refractivity contribution >= 4 is 29.0 Å². The maximum Gasteiger partial charge on any atom is 0.273 e. The number of benzene rings is 1. The second-order valence-electron chi connectivity index (χ2n) is 7.65. The van der Waals surface area contributed by atoms with Crippen LogP contribution in [0.1, 0.15) is 34.6 Å². The summed E-state index contributed by atoms with van der Waals surface area (Å²) in [7, 11) is 0. The molecule has 3 heterocycles. The Bertz CT molecular complexity index is 1060. The Kier molecular flexibility index (Phi) is 5.90. The second kappa shape index (κ2) is 8.75. The maximum absolute atomic E-state index is 13.0. The summed E-state index contributed by atoms with van der Waals surface area (Å²) in [6.07, 6.45) is 1.55. The smallest absolute Gasteiger partial charge is 0.273 e. The summed E-state index contributed by atoms with van der Waals surface area (Å²) in [5.74, 6) is 0.0888. The van der Waals surface area contributed by atoms with Crippen molar-refractivity contribution in [3.63, 3.8) is 0 Å². The maximum atomic E-state index is 13.0. The van der Waals surface area contributed by atoms with Crippen molar-refractivity contribution in [2.24, 2.45) is 5.92 Å². The minimum Gasteiger partial charge on any atom is -0.336 e. The van der Waals surface area contributed by atoms with E-state index >= 15 is 0 Å². The Hall–Kier alpha value is -3.06. The van der Waals surface area contributed by atoms with Gasteiger partial charge < -0.3 is 10.2 Å². The van der Waals surface area contributed by atoms with Gasteiger partial charge in [-0.15, -0.1) is 11.3 Å². The van der Waals surface area contributed by atoms with Crippen LogP contribution in [-0.2, 0) is 4.79 Å². The number of pyridine rings is 1. The van der Waals surface area contributed by atoms with Crippen LogP contribution in [0.3, 0.4) is 0 Å². The standard InChI is InChI=1S/C23H24N4O2S/c1-15-8-10-17(11-9-15)22-25-19(14-30-22)23(29)27-12-4-6-18(13-27)21(28)26-20-7-3-5-16(2)24-20/h3,5,7-11,14,18H,4,6,12-13H2,1-2H3,(H,24,26,28). The van der Waals surface area contributed by atoms with Crippen molar-refractivity contribution in [1.29, 1.82) is 0 Å². The lowest BCUT2D eigenvalue weighted by Gasteiger charge is -2.31. The minimum atomic E-state index is -0.250. The van der Waals surface area contributed by atoms with Crippen LogP contribution in [0.15, 0.2) is 47.8 Å². The van der Waals surface area contributed by atoms with Gasteiger partial charge in [-0.3, -0.25) is 9.59 Å². The van der Waals surface area contributed by atoms with Crippen LogP contribution in [-0.4, -0.2) is 39.8 Å². The normalized spacial score (nSPS) is 16.3. The summed E-state index contributed by atoms with van der Waals surface area (Å²) >= 11 is 1.46. The van der Waals surface area contributed by atoms with Gasteiger partial charge in [-0.1, -0.05) is 35.9 Å². The largest absolute Gasteiger partial charge is 0.336 e. The number of thiazole rings is 1. The molecule has 1 aliphatic rings. The average Bonchev–Trinajstić information content (AvgIpc) is 3.24. The van der Waals surface area contributed by atoms with E-state index in [4.69, 9.17) is 0 Å². The van der Waals surface area contributed by atoms with E-state index in [1.807, 2.05) is 50.2 Å². The Morgan fingerprint density at radius 1 is 1.10 bits per heavy atom. The van der Waals surface area contributed by atoms with E-state index in [2.05, 4.69) is 15.3 Å². The number of hydrogen-bond acceptors (Lipinski definition) is 5. The Labute approximate surface area is 180 Å². The average molecular weight is 421 g/mol. The van der Waals surface area contributed by atoms with E-state index in [9.17, 15) is 9.59 Å². The fourth-order valence-corrected chi connectivity index (χ4v) is 4.38. The van der Waals surface area contributed by atoms with E-state index < -0.39 is 0 Å². The quantitative estimate of drug-likeness (QED) is 0.682. The van der Waals surface area contributed by atoms with E-state index in [-0.39, 0.29) is 17.7 Å². The van der Waals surface area contributed by atoms with Gasteiger partial charge in [0.25, 0.3) is 5.91 Å². The number of aryl methyl sites for hydroxylation is 2. The molecule has 2 aromatic heterocycles. The fraction of sp³-hybridized carbons (Fsp3) is 0.304. The lowest BCUT2D eigenvalue weighted by Crippen LogP contribution is -2.44. The number of carbonyl (C=O) groups is 2. The molecule has 1 fully saturated rings. The Morgan fingerprint density at radius 3 is 2.67 bits per heavy atom. The number of rotatable bonds is 4. The number of hydrogen-bond donors (Lipinski definition) is 1. The van der Waals surface area contributed by atoms with Crippen LogP contribution in [0.5, 0.6) is 0 Å². The number of anilines is 1. The van der Waals surface area contributed by atoms with Gasteiger partial charge in [0, 0.05) is 29.7 Å². The van der Waals surface area contributed by atoms with Crippen molar-refractivity contribution in [1.82, 2.24) is 14.9 Å². The molecule has 2 amide bonds. The Balaban J connectivity index is 1.42. The number of aromatic nitrogens is 2. The molecule has 0 aliphatic carbocycles. The van der Waals surface area contributed by atoms with Gasteiger partial charge in [0.1, 0.15) is 16.5 Å². The van der Waals surface area contributed by atoms with Gasteiger partial charge in [0.05, 0.1) is 5.92 Å². The molecule has 1 N–H and O–H groups in total. The number of nitrogens with one attached hydrogen (secondary N) is 1. The first kappa shape index (κ1) is 20.2. The third kappa shape index (κ3) is 4.57. The van der Waals surface area contributed by atoms with Gasteiger partial charge >= 0.3 is 0 Å². The zero-order valence-corrected chi connectivity index (χ0v) is 17.9. The van der Waals surface area contributed by atoms with Crippen LogP contribution in [0.25, 0.3) is 10.6 Å². The van der Waals surface area contributed by atoms with E-state index in [1.54, 1.807) is 16.3 Å². The van der Waals surface area contributed by atoms with Gasteiger partial charge in [-0.25, -0.2) is 9.97 Å². The summed E-state index contributed by atoms with van der Waals surface area (Å²) in [5.41, 5.74) is 3.48. The Morgan fingerprint density at radius 2 is 1.90 bits per heavy atom. The van der Waals surface area contributed by atoms with Gasteiger partial charge in [0.2, 0.25) is 5.91 Å². The van der Waals surface area contributed by atoms with E-state index in [0.29, 0.717) is 24.6 Å². The van der Waals surface area contributed by atoms with Crippen molar-refractivity contribution in [2.45, 2.75) is 26.7 Å². The highest BCUT2D eigenvalue weighted by Gasteiger charge is 2.30. The van der Waals surface area contributed by atoms with E-state index in [0.717, 1.165) is 29.1 Å². The van der Waals surface area contributed by atoms with Crippen LogP contribution in [0.2, 0.25) is 0 Å². The molecule has 1 atom stereocenters. The molecule has 30 heavy (non-hydrogen) atoms. The molecule has 1 aliphatic heterocycles. The fourth-order valence-electron chi connectivity index (χ4n) is 3.58. The summed E-state index contributed by atoms with van der Waals surface area (Å²) in [6, 6.07) is 13.6. The zero-order valence-electron chi connectivity index (χ0n) is 17.1. The first-order valence-electron chi connectivity index (χ1n) is 10.1. The zero-order chi connectivity index (χ0) is 21.1. The predicted octanol–water partition coefficient (Wildman–Crippen LogP) is 4.31. The van der Waals surface area contributed by atoms with Crippen molar-refractivity contribution in [2.75, 3.05) is 18.4 Å². The van der Waals surface area contributed by atoms with Crippen LogP contribution in [0, 0.1) is 19.8 Å². The van der Waals surface area contributed by atoms with Crippen molar-refractivity contribution < 1.29 is 9.59 Å². The summed E-state index contributed by atoms with van der Waals surface area (Å²) in [5, 5.41) is 5.51. The minimum absolute atomic E-state index is 0.0933. The van der Waals surface area contributed by atoms with Crippen LogP contribution < -0.4 is 5.32 Å². The molecule has 6 nitrogen and oxygen atoms in total. The number of piperidine rings is 1. The molecule has 4 rings (SSSR count). The summed E-state index contributed by atoms with van der Waals surface area (Å²) in [4.78, 5) is 36.3. The molecule has 1 unspecified atom stereocenters. The molecular formula is C23H24N4O2S. The lowest BCUT2D eigenvalue weighted by atomic mass is 9.97. The van der Waals surface area contributed by atoms with Crippen LogP contribution >= 0.6 is 11.3 Å². The molecule has 7 heteroatoms. The monoisotopic (exact) mass is 420 g/mol. The highest BCUT2D eigenvalue weighted by molar-refractivity contribution is 7.13. The molecule has 0 radical (unpaired) electrons. The van der Waals surface area contributed by atoms with Gasteiger partial charge in [0.15, 0.2) is 0 Å². The van der Waals surface area contributed by atoms with Gasteiger partial charge in [-0.2, -0.15) is 0 Å². The second-order valence-corrected chi connectivity index (χ2v) is 8.51. The molecule has 154 valence electrons.